The van der Waals surface area contributed by atoms with E-state index in [0.717, 1.165) is 0 Å². The normalized spacial score (nSPS) is 10.2. The first-order chi connectivity index (χ1) is 8.19. The molecule has 0 aliphatic rings. The number of benzene rings is 1. The molecule has 6 nitrogen and oxygen atoms in total. The van der Waals surface area contributed by atoms with E-state index in [-0.39, 0.29) is 11.9 Å². The zero-order chi connectivity index (χ0) is 12.3. The number of hydrogen-bond acceptors (Lipinski definition) is 5. The quantitative estimate of drug-likeness (QED) is 0.807. The maximum absolute atomic E-state index is 11.0. The van der Waals surface area contributed by atoms with E-state index < -0.39 is 5.91 Å². The third-order valence-electron chi connectivity index (χ3n) is 1.98. The highest BCUT2D eigenvalue weighted by molar-refractivity contribution is 6.16. The number of nitrogens with one attached hydrogen (secondary N) is 1. The number of hydrogen-bond donors (Lipinski definition) is 2. The lowest BCUT2D eigenvalue weighted by atomic mass is 10.2. The van der Waals surface area contributed by atoms with Gasteiger partial charge in [-0.2, -0.15) is 0 Å². The number of carbonyl (C=O) groups is 1. The van der Waals surface area contributed by atoms with Crippen molar-refractivity contribution in [2.45, 2.75) is 5.88 Å². The molecule has 0 aliphatic carbocycles. The van der Waals surface area contributed by atoms with Crippen molar-refractivity contribution in [3.05, 3.63) is 35.7 Å². The average Bonchev–Trinajstić information content (AvgIpc) is 2.77. The summed E-state index contributed by atoms with van der Waals surface area (Å²) < 4.78 is 5.16. The van der Waals surface area contributed by atoms with Gasteiger partial charge < -0.3 is 15.5 Å². The van der Waals surface area contributed by atoms with Crippen molar-refractivity contribution in [3.63, 3.8) is 0 Å². The predicted molar refractivity (Wildman–Crippen MR) is 62.1 cm³/mol. The molecule has 0 radical (unpaired) electrons. The summed E-state index contributed by atoms with van der Waals surface area (Å²) in [5.41, 5.74) is 6.19. The molecule has 1 amide bonds. The van der Waals surface area contributed by atoms with E-state index in [4.69, 9.17) is 21.8 Å². The van der Waals surface area contributed by atoms with Gasteiger partial charge >= 0.3 is 6.01 Å². The molecule has 0 aliphatic heterocycles. The minimum Gasteiger partial charge on any atom is -0.407 e. The van der Waals surface area contributed by atoms with Crippen LogP contribution < -0.4 is 11.1 Å². The minimum absolute atomic E-state index is 0.149. The van der Waals surface area contributed by atoms with Gasteiger partial charge in [0.2, 0.25) is 11.8 Å². The molecule has 1 heterocycles. The zero-order valence-electron chi connectivity index (χ0n) is 8.68. The first-order valence-electron chi connectivity index (χ1n) is 4.74. The molecule has 0 spiro atoms. The second-order valence-electron chi connectivity index (χ2n) is 3.20. The van der Waals surface area contributed by atoms with Gasteiger partial charge in [-0.15, -0.1) is 16.7 Å². The number of nitrogens with zero attached hydrogens (tertiary/aromatic N) is 2. The molecule has 1 aromatic heterocycles. The second kappa shape index (κ2) is 4.84. The summed E-state index contributed by atoms with van der Waals surface area (Å²) in [5.74, 6) is -0.0310. The van der Waals surface area contributed by atoms with Crippen LogP contribution in [0.3, 0.4) is 0 Å². The molecule has 0 saturated carbocycles. The summed E-state index contributed by atoms with van der Waals surface area (Å²) in [7, 11) is 0. The zero-order valence-corrected chi connectivity index (χ0v) is 9.44. The number of halogens is 1. The van der Waals surface area contributed by atoms with E-state index >= 15 is 0 Å². The van der Waals surface area contributed by atoms with Crippen molar-refractivity contribution < 1.29 is 9.21 Å². The molecule has 17 heavy (non-hydrogen) atoms. The van der Waals surface area contributed by atoms with Crippen molar-refractivity contribution in [1.82, 2.24) is 10.2 Å². The number of primary amides is 1. The average molecular weight is 253 g/mol. The van der Waals surface area contributed by atoms with E-state index in [2.05, 4.69) is 15.5 Å². The van der Waals surface area contributed by atoms with Crippen LogP contribution in [0.15, 0.2) is 28.7 Å². The fourth-order valence-electron chi connectivity index (χ4n) is 1.23. The van der Waals surface area contributed by atoms with E-state index in [1.54, 1.807) is 24.3 Å². The maximum Gasteiger partial charge on any atom is 0.320 e. The van der Waals surface area contributed by atoms with Gasteiger partial charge in [-0.25, -0.2) is 0 Å². The lowest BCUT2D eigenvalue weighted by molar-refractivity contribution is 0.100. The molecule has 0 bridgehead atoms. The van der Waals surface area contributed by atoms with Crippen LogP contribution in [0.4, 0.5) is 11.7 Å². The highest BCUT2D eigenvalue weighted by Crippen LogP contribution is 2.16. The van der Waals surface area contributed by atoms with Gasteiger partial charge in [0.05, 0.1) is 0 Å². The SMILES string of the molecule is NC(=O)c1cccc(Nc2nnc(CCl)o2)c1. The van der Waals surface area contributed by atoms with Gasteiger partial charge in [0.1, 0.15) is 5.88 Å². The summed E-state index contributed by atoms with van der Waals surface area (Å²) >= 11 is 5.52. The van der Waals surface area contributed by atoms with E-state index in [1.807, 2.05) is 0 Å². The van der Waals surface area contributed by atoms with E-state index in [0.29, 0.717) is 17.1 Å². The molecule has 0 saturated heterocycles. The minimum atomic E-state index is -0.499. The van der Waals surface area contributed by atoms with Gasteiger partial charge in [0.15, 0.2) is 0 Å². The smallest absolute Gasteiger partial charge is 0.320 e. The van der Waals surface area contributed by atoms with Crippen LogP contribution in [0.5, 0.6) is 0 Å². The Hall–Kier alpha value is -2.08. The van der Waals surface area contributed by atoms with Crippen LogP contribution in [0.2, 0.25) is 0 Å². The van der Waals surface area contributed by atoms with Gasteiger partial charge in [0.25, 0.3) is 0 Å². The molecule has 2 aromatic rings. The first kappa shape index (κ1) is 11.4. The molecule has 2 rings (SSSR count). The van der Waals surface area contributed by atoms with Gasteiger partial charge in [-0.1, -0.05) is 11.2 Å². The summed E-state index contributed by atoms with van der Waals surface area (Å²) in [6.07, 6.45) is 0. The van der Waals surface area contributed by atoms with E-state index in [9.17, 15) is 4.79 Å². The molecule has 0 atom stereocenters. The van der Waals surface area contributed by atoms with Crippen LogP contribution in [-0.4, -0.2) is 16.1 Å². The van der Waals surface area contributed by atoms with Crippen molar-refractivity contribution in [2.24, 2.45) is 5.73 Å². The van der Waals surface area contributed by atoms with Crippen LogP contribution in [0.25, 0.3) is 0 Å². The number of nitrogens with two attached hydrogens (primary N) is 1. The van der Waals surface area contributed by atoms with Crippen molar-refractivity contribution in [2.75, 3.05) is 5.32 Å². The summed E-state index contributed by atoms with van der Waals surface area (Å²) in [6, 6.07) is 6.86. The molecule has 88 valence electrons. The molecular weight excluding hydrogens is 244 g/mol. The Labute approximate surface area is 102 Å². The third kappa shape index (κ3) is 2.73. The Morgan fingerprint density at radius 1 is 1.47 bits per heavy atom. The third-order valence-corrected chi connectivity index (χ3v) is 2.21. The van der Waals surface area contributed by atoms with Crippen molar-refractivity contribution in [3.8, 4) is 0 Å². The molecule has 1 aromatic carbocycles. The Bertz CT molecular complexity index is 541. The number of amides is 1. The predicted octanol–water partition coefficient (Wildman–Crippen LogP) is 1.65. The molecule has 0 unspecified atom stereocenters. The van der Waals surface area contributed by atoms with Gasteiger partial charge in [-0.3, -0.25) is 4.79 Å². The summed E-state index contributed by atoms with van der Waals surface area (Å²) in [6.45, 7) is 0. The highest BCUT2D eigenvalue weighted by atomic mass is 35.5. The number of anilines is 2. The maximum atomic E-state index is 11.0. The van der Waals surface area contributed by atoms with Crippen LogP contribution in [-0.2, 0) is 5.88 Å². The fourth-order valence-corrected chi connectivity index (χ4v) is 1.34. The first-order valence-corrected chi connectivity index (χ1v) is 5.27. The fraction of sp³-hybridized carbons (Fsp3) is 0.100. The lowest BCUT2D eigenvalue weighted by Crippen LogP contribution is -2.10. The van der Waals surface area contributed by atoms with Crippen LogP contribution >= 0.6 is 11.6 Å². The van der Waals surface area contributed by atoms with Crippen LogP contribution in [0, 0.1) is 0 Å². The largest absolute Gasteiger partial charge is 0.407 e. The van der Waals surface area contributed by atoms with Crippen LogP contribution in [0.1, 0.15) is 16.2 Å². The lowest BCUT2D eigenvalue weighted by Gasteiger charge is -2.02. The number of aromatic nitrogens is 2. The Balaban J connectivity index is 2.18. The summed E-state index contributed by atoms with van der Waals surface area (Å²) in [4.78, 5) is 11.0. The Morgan fingerprint density at radius 3 is 2.94 bits per heavy atom. The molecule has 0 fully saturated rings. The Kier molecular flexibility index (Phi) is 3.24. The standard InChI is InChI=1S/C10H9ClN4O2/c11-5-8-14-15-10(17-8)13-7-3-1-2-6(4-7)9(12)16/h1-4H,5H2,(H2,12,16)(H,13,15). The summed E-state index contributed by atoms with van der Waals surface area (Å²) in [5, 5.41) is 10.3. The molecule has 3 N–H and O–H groups in total. The van der Waals surface area contributed by atoms with Crippen molar-refractivity contribution in [1.29, 1.82) is 0 Å². The molecule has 7 heteroatoms. The number of alkyl halides is 1. The van der Waals surface area contributed by atoms with Crippen molar-refractivity contribution >= 4 is 29.2 Å². The van der Waals surface area contributed by atoms with Gasteiger partial charge in [-0.05, 0) is 18.2 Å². The van der Waals surface area contributed by atoms with E-state index in [1.165, 1.54) is 0 Å². The number of rotatable bonds is 4. The second-order valence-corrected chi connectivity index (χ2v) is 3.47. The topological polar surface area (TPSA) is 94.0 Å². The number of carbonyl (C=O) groups excluding carboxylic acids is 1. The Morgan fingerprint density at radius 2 is 2.29 bits per heavy atom. The highest BCUT2D eigenvalue weighted by Gasteiger charge is 2.06. The van der Waals surface area contributed by atoms with Gasteiger partial charge in [0, 0.05) is 11.3 Å². The monoisotopic (exact) mass is 252 g/mol. The molecular formula is C10H9ClN4O2.